The van der Waals surface area contributed by atoms with Crippen LogP contribution in [0.3, 0.4) is 0 Å². The summed E-state index contributed by atoms with van der Waals surface area (Å²) in [7, 11) is 0. The number of benzene rings is 1. The third-order valence-electron chi connectivity index (χ3n) is 2.90. The topological polar surface area (TPSA) is 0 Å². The first-order valence-corrected chi connectivity index (χ1v) is 8.19. The molecule has 0 unspecified atom stereocenters. The normalized spacial score (nSPS) is 11.6. The van der Waals surface area contributed by atoms with Crippen molar-refractivity contribution in [2.45, 2.75) is 0 Å². The van der Waals surface area contributed by atoms with Gasteiger partial charge in [-0.05, 0) is 46.2 Å². The van der Waals surface area contributed by atoms with Crippen molar-refractivity contribution < 1.29 is 0 Å². The predicted molar refractivity (Wildman–Crippen MR) is 92.9 cm³/mol. The molecule has 0 bridgehead atoms. The maximum absolute atomic E-state index is 2.15. The molecule has 0 nitrogen and oxygen atoms in total. The summed E-state index contributed by atoms with van der Waals surface area (Å²) in [5.41, 5.74) is 2.46. The minimum absolute atomic E-state index is 1.23. The zero-order valence-corrected chi connectivity index (χ0v) is 12.5. The molecule has 3 rings (SSSR count). The molecule has 3 aromatic rings. The maximum atomic E-state index is 2.15. The van der Waals surface area contributed by atoms with Crippen LogP contribution in [0.1, 0.15) is 20.9 Å². The second-order valence-corrected chi connectivity index (χ2v) is 6.32. The summed E-state index contributed by atoms with van der Waals surface area (Å²) in [6.45, 7) is 0. The first kappa shape index (κ1) is 13.1. The second-order valence-electron chi connectivity index (χ2n) is 4.36. The Morgan fingerprint density at radius 3 is 1.35 bits per heavy atom. The van der Waals surface area contributed by atoms with Gasteiger partial charge in [-0.2, -0.15) is 0 Å². The van der Waals surface area contributed by atoms with Gasteiger partial charge in [-0.1, -0.05) is 48.6 Å². The molecule has 0 saturated heterocycles. The van der Waals surface area contributed by atoms with Crippen molar-refractivity contribution in [3.8, 4) is 0 Å². The van der Waals surface area contributed by atoms with E-state index < -0.39 is 0 Å². The van der Waals surface area contributed by atoms with Crippen LogP contribution in [0, 0.1) is 0 Å². The number of hydrogen-bond acceptors (Lipinski definition) is 2. The summed E-state index contributed by atoms with van der Waals surface area (Å²) < 4.78 is 0. The molecule has 0 spiro atoms. The Bertz CT molecular complexity index is 621. The van der Waals surface area contributed by atoms with Crippen molar-refractivity contribution in [3.63, 3.8) is 0 Å². The van der Waals surface area contributed by atoms with Crippen molar-refractivity contribution in [2.24, 2.45) is 0 Å². The molecule has 0 saturated carbocycles. The van der Waals surface area contributed by atoms with Crippen molar-refractivity contribution in [1.82, 2.24) is 0 Å². The largest absolute Gasteiger partial charge is 0.144 e. The van der Waals surface area contributed by atoms with E-state index in [1.54, 1.807) is 22.7 Å². The number of hydrogen-bond donors (Lipinski definition) is 0. The fourth-order valence-corrected chi connectivity index (χ4v) is 3.08. The highest BCUT2D eigenvalue weighted by Crippen LogP contribution is 2.16. The van der Waals surface area contributed by atoms with Gasteiger partial charge in [0.25, 0.3) is 0 Å². The lowest BCUT2D eigenvalue weighted by molar-refractivity contribution is 1.63. The van der Waals surface area contributed by atoms with Crippen LogP contribution in [0.4, 0.5) is 0 Å². The van der Waals surface area contributed by atoms with Crippen molar-refractivity contribution >= 4 is 47.0 Å². The van der Waals surface area contributed by atoms with Crippen molar-refractivity contribution in [3.05, 3.63) is 80.2 Å². The molecule has 2 aromatic heterocycles. The fourth-order valence-electron chi connectivity index (χ4n) is 1.85. The van der Waals surface area contributed by atoms with Crippen molar-refractivity contribution in [2.75, 3.05) is 0 Å². The molecular weight excluding hydrogens is 280 g/mol. The SMILES string of the molecule is C(=C/c1cccs1)/c1ccc(/C=C/c2cccs2)cc1. The molecule has 20 heavy (non-hydrogen) atoms. The Hall–Kier alpha value is -1.90. The van der Waals surface area contributed by atoms with Crippen LogP contribution in [0.25, 0.3) is 24.3 Å². The Balaban J connectivity index is 1.68. The molecule has 0 fully saturated rings. The Kier molecular flexibility index (Phi) is 4.26. The van der Waals surface area contributed by atoms with E-state index in [4.69, 9.17) is 0 Å². The van der Waals surface area contributed by atoms with Gasteiger partial charge in [0.05, 0.1) is 0 Å². The average molecular weight is 294 g/mol. The smallest absolute Gasteiger partial charge is 0.0270 e. The van der Waals surface area contributed by atoms with Crippen LogP contribution in [0.5, 0.6) is 0 Å². The molecule has 1 aromatic carbocycles. The molecule has 0 aliphatic carbocycles. The minimum atomic E-state index is 1.23. The quantitative estimate of drug-likeness (QED) is 0.541. The first-order chi connectivity index (χ1) is 9.90. The summed E-state index contributed by atoms with van der Waals surface area (Å²) in [4.78, 5) is 2.57. The Labute approximate surface area is 127 Å². The van der Waals surface area contributed by atoms with Crippen LogP contribution >= 0.6 is 22.7 Å². The molecule has 0 atom stereocenters. The number of thiophene rings is 2. The van der Waals surface area contributed by atoms with E-state index in [9.17, 15) is 0 Å². The third-order valence-corrected chi connectivity index (χ3v) is 4.58. The average Bonchev–Trinajstić information content (AvgIpc) is 3.17. The zero-order chi connectivity index (χ0) is 13.6. The standard InChI is InChI=1S/C18H14S2/c1-3-17(19-13-1)11-9-15-5-7-16(8-6-15)10-12-18-4-2-14-20-18/h1-14H/b11-9-,12-10+. The van der Waals surface area contributed by atoms with Crippen molar-refractivity contribution in [1.29, 1.82) is 0 Å². The first-order valence-electron chi connectivity index (χ1n) is 6.43. The highest BCUT2D eigenvalue weighted by molar-refractivity contribution is 7.11. The van der Waals surface area contributed by atoms with E-state index in [1.807, 2.05) is 0 Å². The summed E-state index contributed by atoms with van der Waals surface area (Å²) in [5, 5.41) is 4.19. The summed E-state index contributed by atoms with van der Waals surface area (Å²) >= 11 is 3.51. The molecular formula is C18H14S2. The van der Waals surface area contributed by atoms with E-state index in [-0.39, 0.29) is 0 Å². The summed E-state index contributed by atoms with van der Waals surface area (Å²) in [6, 6.07) is 17.0. The lowest BCUT2D eigenvalue weighted by Crippen LogP contribution is -1.74. The van der Waals surface area contributed by atoms with Crippen LogP contribution < -0.4 is 0 Å². The minimum Gasteiger partial charge on any atom is -0.144 e. The maximum Gasteiger partial charge on any atom is 0.0270 e. The van der Waals surface area contributed by atoms with Gasteiger partial charge in [0.1, 0.15) is 0 Å². The van der Waals surface area contributed by atoms with E-state index in [2.05, 4.69) is 83.6 Å². The van der Waals surface area contributed by atoms with Gasteiger partial charge in [-0.15, -0.1) is 22.7 Å². The van der Waals surface area contributed by atoms with Crippen LogP contribution in [0.2, 0.25) is 0 Å². The lowest BCUT2D eigenvalue weighted by atomic mass is 10.1. The van der Waals surface area contributed by atoms with E-state index in [1.165, 1.54) is 20.9 Å². The predicted octanol–water partition coefficient (Wildman–Crippen LogP) is 6.15. The van der Waals surface area contributed by atoms with Gasteiger partial charge in [-0.25, -0.2) is 0 Å². The Morgan fingerprint density at radius 1 is 0.550 bits per heavy atom. The van der Waals surface area contributed by atoms with Crippen LogP contribution in [0.15, 0.2) is 59.3 Å². The van der Waals surface area contributed by atoms with Gasteiger partial charge in [0.2, 0.25) is 0 Å². The zero-order valence-electron chi connectivity index (χ0n) is 10.9. The highest BCUT2D eigenvalue weighted by atomic mass is 32.1. The summed E-state index contributed by atoms with van der Waals surface area (Å²) in [5.74, 6) is 0. The van der Waals surface area contributed by atoms with E-state index >= 15 is 0 Å². The van der Waals surface area contributed by atoms with Gasteiger partial charge < -0.3 is 0 Å². The molecule has 0 radical (unpaired) electrons. The van der Waals surface area contributed by atoms with Gasteiger partial charge in [0, 0.05) is 9.75 Å². The third kappa shape index (κ3) is 3.56. The molecule has 0 aliphatic heterocycles. The van der Waals surface area contributed by atoms with E-state index in [0.717, 1.165) is 0 Å². The Morgan fingerprint density at radius 2 is 1.00 bits per heavy atom. The van der Waals surface area contributed by atoms with Gasteiger partial charge in [0.15, 0.2) is 0 Å². The molecule has 2 heterocycles. The van der Waals surface area contributed by atoms with Crippen LogP contribution in [-0.2, 0) is 0 Å². The molecule has 2 heteroatoms. The summed E-state index contributed by atoms with van der Waals surface area (Å²) in [6.07, 6.45) is 8.61. The fraction of sp³-hybridized carbons (Fsp3) is 0. The monoisotopic (exact) mass is 294 g/mol. The highest BCUT2D eigenvalue weighted by Gasteiger charge is 1.91. The number of rotatable bonds is 4. The second kappa shape index (κ2) is 6.51. The lowest BCUT2D eigenvalue weighted by Gasteiger charge is -1.95. The van der Waals surface area contributed by atoms with Gasteiger partial charge >= 0.3 is 0 Å². The van der Waals surface area contributed by atoms with E-state index in [0.29, 0.717) is 0 Å². The molecule has 98 valence electrons. The van der Waals surface area contributed by atoms with Gasteiger partial charge in [-0.3, -0.25) is 0 Å². The molecule has 0 amide bonds. The molecule has 0 aliphatic rings. The van der Waals surface area contributed by atoms with Crippen LogP contribution in [-0.4, -0.2) is 0 Å². The molecule has 0 N–H and O–H groups in total.